The molecular formula is C15H19NOS. The summed E-state index contributed by atoms with van der Waals surface area (Å²) >= 11 is 1.93. The second-order valence-electron chi connectivity index (χ2n) is 5.13. The number of rotatable bonds is 2. The minimum absolute atomic E-state index is 0.642. The zero-order chi connectivity index (χ0) is 12.5. The molecule has 1 aromatic carbocycles. The summed E-state index contributed by atoms with van der Waals surface area (Å²) in [5, 5.41) is 4.87. The normalized spacial score (nSPS) is 24.3. The standard InChI is InChI=1S/C15H19NOS/c1-10-7-12(5-6-16-10)14-8-11-3-4-13(17-2)9-15(11)18-14/h3-4,8-10,12,16H,5-7H2,1-2H3/t10-,12+/m0/s1. The van der Waals surface area contributed by atoms with Gasteiger partial charge in [-0.1, -0.05) is 0 Å². The third-order valence-corrected chi connectivity index (χ3v) is 5.03. The van der Waals surface area contributed by atoms with Crippen LogP contribution in [0.1, 0.15) is 30.6 Å². The summed E-state index contributed by atoms with van der Waals surface area (Å²) in [6.45, 7) is 3.42. The van der Waals surface area contributed by atoms with Gasteiger partial charge in [-0.25, -0.2) is 0 Å². The minimum Gasteiger partial charge on any atom is -0.497 e. The molecule has 0 aliphatic carbocycles. The zero-order valence-corrected chi connectivity index (χ0v) is 11.7. The number of hydrogen-bond donors (Lipinski definition) is 1. The molecule has 2 heterocycles. The van der Waals surface area contributed by atoms with Gasteiger partial charge in [-0.3, -0.25) is 0 Å². The predicted octanol–water partition coefficient (Wildman–Crippen LogP) is 3.77. The zero-order valence-electron chi connectivity index (χ0n) is 10.9. The molecule has 2 aromatic rings. The van der Waals surface area contributed by atoms with Crippen LogP contribution in [-0.4, -0.2) is 19.7 Å². The second-order valence-corrected chi connectivity index (χ2v) is 6.24. The van der Waals surface area contributed by atoms with E-state index < -0.39 is 0 Å². The number of ether oxygens (including phenoxy) is 1. The number of fused-ring (bicyclic) bond motifs is 1. The van der Waals surface area contributed by atoms with Crippen LogP contribution in [0.25, 0.3) is 10.1 Å². The van der Waals surface area contributed by atoms with E-state index in [1.54, 1.807) is 7.11 Å². The van der Waals surface area contributed by atoms with Gasteiger partial charge in [-0.05, 0) is 61.9 Å². The first-order chi connectivity index (χ1) is 8.76. The maximum absolute atomic E-state index is 5.29. The van der Waals surface area contributed by atoms with Crippen molar-refractivity contribution in [3.8, 4) is 5.75 Å². The van der Waals surface area contributed by atoms with Crippen molar-refractivity contribution in [2.24, 2.45) is 0 Å². The topological polar surface area (TPSA) is 21.3 Å². The summed E-state index contributed by atoms with van der Waals surface area (Å²) in [4.78, 5) is 1.53. The van der Waals surface area contributed by atoms with Crippen LogP contribution in [0.15, 0.2) is 24.3 Å². The maximum Gasteiger partial charge on any atom is 0.120 e. The van der Waals surface area contributed by atoms with Crippen LogP contribution >= 0.6 is 11.3 Å². The van der Waals surface area contributed by atoms with E-state index in [0.717, 1.165) is 18.2 Å². The van der Waals surface area contributed by atoms with E-state index in [9.17, 15) is 0 Å². The molecule has 2 nitrogen and oxygen atoms in total. The van der Waals surface area contributed by atoms with Crippen molar-refractivity contribution in [2.75, 3.05) is 13.7 Å². The lowest BCUT2D eigenvalue weighted by Crippen LogP contribution is -2.34. The van der Waals surface area contributed by atoms with Crippen molar-refractivity contribution < 1.29 is 4.74 Å². The van der Waals surface area contributed by atoms with E-state index in [0.29, 0.717) is 6.04 Å². The molecule has 18 heavy (non-hydrogen) atoms. The molecule has 1 aromatic heterocycles. The van der Waals surface area contributed by atoms with Crippen LogP contribution in [0.5, 0.6) is 5.75 Å². The molecular weight excluding hydrogens is 242 g/mol. The number of methoxy groups -OCH3 is 1. The fourth-order valence-electron chi connectivity index (χ4n) is 2.75. The average Bonchev–Trinajstić information content (AvgIpc) is 2.81. The Morgan fingerprint density at radius 3 is 3.00 bits per heavy atom. The summed E-state index contributed by atoms with van der Waals surface area (Å²) in [5.41, 5.74) is 0. The third kappa shape index (κ3) is 2.25. The van der Waals surface area contributed by atoms with Crippen LogP contribution in [0.3, 0.4) is 0 Å². The van der Waals surface area contributed by atoms with Crippen LogP contribution in [0.2, 0.25) is 0 Å². The second kappa shape index (κ2) is 4.90. The molecule has 96 valence electrons. The van der Waals surface area contributed by atoms with E-state index >= 15 is 0 Å². The molecule has 3 rings (SSSR count). The van der Waals surface area contributed by atoms with Crippen LogP contribution in [0, 0.1) is 0 Å². The quantitative estimate of drug-likeness (QED) is 0.888. The predicted molar refractivity (Wildman–Crippen MR) is 77.8 cm³/mol. The van der Waals surface area contributed by atoms with Gasteiger partial charge in [0.1, 0.15) is 5.75 Å². The Morgan fingerprint density at radius 2 is 2.22 bits per heavy atom. The Balaban J connectivity index is 1.92. The fraction of sp³-hybridized carbons (Fsp3) is 0.467. The summed E-state index contributed by atoms with van der Waals surface area (Å²) in [5.74, 6) is 1.68. The molecule has 0 bridgehead atoms. The van der Waals surface area contributed by atoms with Gasteiger partial charge in [0.05, 0.1) is 7.11 Å². The molecule has 0 spiro atoms. The molecule has 1 fully saturated rings. The molecule has 0 saturated carbocycles. The average molecular weight is 261 g/mol. The van der Waals surface area contributed by atoms with Gasteiger partial charge in [-0.2, -0.15) is 0 Å². The molecule has 3 heteroatoms. The number of nitrogens with one attached hydrogen (secondary N) is 1. The summed E-state index contributed by atoms with van der Waals surface area (Å²) < 4.78 is 6.63. The van der Waals surface area contributed by atoms with Crippen molar-refractivity contribution in [2.45, 2.75) is 31.7 Å². The van der Waals surface area contributed by atoms with Crippen molar-refractivity contribution in [3.05, 3.63) is 29.1 Å². The van der Waals surface area contributed by atoms with Gasteiger partial charge >= 0.3 is 0 Å². The van der Waals surface area contributed by atoms with E-state index in [1.807, 2.05) is 17.4 Å². The Hall–Kier alpha value is -1.06. The maximum atomic E-state index is 5.29. The van der Waals surface area contributed by atoms with Crippen molar-refractivity contribution in [1.29, 1.82) is 0 Å². The highest BCUT2D eigenvalue weighted by molar-refractivity contribution is 7.19. The first-order valence-corrected chi connectivity index (χ1v) is 7.39. The first kappa shape index (κ1) is 12.0. The number of piperidine rings is 1. The highest BCUT2D eigenvalue weighted by Crippen LogP contribution is 2.37. The van der Waals surface area contributed by atoms with Gasteiger partial charge in [0, 0.05) is 15.6 Å². The van der Waals surface area contributed by atoms with Crippen molar-refractivity contribution in [3.63, 3.8) is 0 Å². The van der Waals surface area contributed by atoms with Crippen LogP contribution < -0.4 is 10.1 Å². The molecule has 0 radical (unpaired) electrons. The molecule has 1 aliphatic heterocycles. The van der Waals surface area contributed by atoms with Crippen molar-refractivity contribution >= 4 is 21.4 Å². The number of thiophene rings is 1. The van der Waals surface area contributed by atoms with Gasteiger partial charge in [0.2, 0.25) is 0 Å². The highest BCUT2D eigenvalue weighted by Gasteiger charge is 2.21. The minimum atomic E-state index is 0.642. The smallest absolute Gasteiger partial charge is 0.120 e. The fourth-order valence-corrected chi connectivity index (χ4v) is 3.99. The van der Waals surface area contributed by atoms with E-state index in [1.165, 1.54) is 27.8 Å². The van der Waals surface area contributed by atoms with Gasteiger partial charge < -0.3 is 10.1 Å². The SMILES string of the molecule is COc1ccc2cc([C@@H]3CCN[C@@H](C)C3)sc2c1. The van der Waals surface area contributed by atoms with E-state index in [4.69, 9.17) is 4.74 Å². The van der Waals surface area contributed by atoms with Gasteiger partial charge in [0.15, 0.2) is 0 Å². The number of benzene rings is 1. The van der Waals surface area contributed by atoms with Gasteiger partial charge in [-0.15, -0.1) is 11.3 Å². The molecule has 1 aliphatic rings. The summed E-state index contributed by atoms with van der Waals surface area (Å²) in [6, 6.07) is 9.36. The number of hydrogen-bond acceptors (Lipinski definition) is 3. The van der Waals surface area contributed by atoms with Crippen LogP contribution in [0.4, 0.5) is 0 Å². The molecule has 1 N–H and O–H groups in total. The lowest BCUT2D eigenvalue weighted by atomic mass is 9.92. The molecule has 0 amide bonds. The van der Waals surface area contributed by atoms with Gasteiger partial charge in [0.25, 0.3) is 0 Å². The van der Waals surface area contributed by atoms with Crippen LogP contribution in [-0.2, 0) is 0 Å². The largest absolute Gasteiger partial charge is 0.497 e. The lowest BCUT2D eigenvalue weighted by Gasteiger charge is -2.27. The Labute approximate surface area is 112 Å². The Bertz CT molecular complexity index is 548. The summed E-state index contributed by atoms with van der Waals surface area (Å²) in [7, 11) is 1.73. The Morgan fingerprint density at radius 1 is 1.33 bits per heavy atom. The highest BCUT2D eigenvalue weighted by atomic mass is 32.1. The van der Waals surface area contributed by atoms with Crippen molar-refractivity contribution in [1.82, 2.24) is 5.32 Å². The Kier molecular flexibility index (Phi) is 3.27. The summed E-state index contributed by atoms with van der Waals surface area (Å²) in [6.07, 6.45) is 2.51. The van der Waals surface area contributed by atoms with E-state index in [-0.39, 0.29) is 0 Å². The third-order valence-electron chi connectivity index (χ3n) is 3.77. The molecule has 1 saturated heterocycles. The molecule has 2 atom stereocenters. The first-order valence-electron chi connectivity index (χ1n) is 6.57. The monoisotopic (exact) mass is 261 g/mol. The lowest BCUT2D eigenvalue weighted by molar-refractivity contribution is 0.384. The van der Waals surface area contributed by atoms with E-state index in [2.05, 4.69) is 30.4 Å². The molecule has 0 unspecified atom stereocenters.